The number of hydrogen-bond donors (Lipinski definition) is 0. The Morgan fingerprint density at radius 3 is 1.84 bits per heavy atom. The molecule has 1 aromatic rings. The van der Waals surface area contributed by atoms with Gasteiger partial charge in [-0.15, -0.1) is 0 Å². The summed E-state index contributed by atoms with van der Waals surface area (Å²) in [5.41, 5.74) is 0.828. The fourth-order valence-electron chi connectivity index (χ4n) is 1.99. The first-order chi connectivity index (χ1) is 9.28. The molecule has 4 nitrogen and oxygen atoms in total. The van der Waals surface area contributed by atoms with E-state index in [1.807, 2.05) is 32.0 Å². The van der Waals surface area contributed by atoms with Gasteiger partial charge in [0.25, 0.3) is 0 Å². The lowest BCUT2D eigenvalue weighted by atomic mass is 9.92. The minimum atomic E-state index is -0.181. The van der Waals surface area contributed by atoms with Gasteiger partial charge in [0.05, 0.1) is 25.4 Å². The zero-order valence-electron chi connectivity index (χ0n) is 11.3. The van der Waals surface area contributed by atoms with Gasteiger partial charge in [0.1, 0.15) is 11.5 Å². The molecule has 0 radical (unpaired) electrons. The van der Waals surface area contributed by atoms with E-state index in [9.17, 15) is 0 Å². The topological polar surface area (TPSA) is 66.0 Å². The van der Waals surface area contributed by atoms with E-state index in [-0.39, 0.29) is 18.8 Å². The maximum absolute atomic E-state index is 8.93. The Hall–Kier alpha value is -2.20. The molecule has 0 bridgehead atoms. The molecule has 0 aromatic heterocycles. The second-order valence-corrected chi connectivity index (χ2v) is 3.96. The van der Waals surface area contributed by atoms with Gasteiger partial charge in [-0.25, -0.2) is 0 Å². The van der Waals surface area contributed by atoms with Gasteiger partial charge in [-0.05, 0) is 26.0 Å². The number of ether oxygens (including phenoxy) is 2. The Labute approximate surface area is 114 Å². The minimum absolute atomic E-state index is 0.181. The Kier molecular flexibility index (Phi) is 6.26. The van der Waals surface area contributed by atoms with Crippen LogP contribution in [0, 0.1) is 22.7 Å². The summed E-state index contributed by atoms with van der Waals surface area (Å²) in [5.74, 6) is 1.21. The molecule has 0 spiro atoms. The molecule has 0 saturated heterocycles. The largest absolute Gasteiger partial charge is 0.493 e. The van der Waals surface area contributed by atoms with Gasteiger partial charge in [-0.1, -0.05) is 6.07 Å². The Morgan fingerprint density at radius 2 is 1.47 bits per heavy atom. The molecule has 100 valence electrons. The highest BCUT2D eigenvalue weighted by molar-refractivity contribution is 5.48. The van der Waals surface area contributed by atoms with Crippen molar-refractivity contribution in [3.63, 3.8) is 0 Å². The van der Waals surface area contributed by atoms with Crippen LogP contribution in [0.2, 0.25) is 0 Å². The first-order valence-electron chi connectivity index (χ1n) is 6.40. The summed E-state index contributed by atoms with van der Waals surface area (Å²) in [6.45, 7) is 4.88. The molecule has 0 saturated carbocycles. The normalized spacial score (nSPS) is 9.74. The highest BCUT2D eigenvalue weighted by Gasteiger charge is 2.21. The third-order valence-electron chi connectivity index (χ3n) is 2.71. The zero-order valence-corrected chi connectivity index (χ0v) is 11.3. The summed E-state index contributed by atoms with van der Waals surface area (Å²) in [7, 11) is 0. The lowest BCUT2D eigenvalue weighted by Crippen LogP contribution is -2.06. The van der Waals surface area contributed by atoms with Crippen molar-refractivity contribution in [1.29, 1.82) is 10.5 Å². The standard InChI is InChI=1S/C15H18N2O2/c1-3-18-13-6-5-7-14(19-4-2)15(13)12(8-10-16)9-11-17/h5-7,12H,3-4,8-9H2,1-2H3. The van der Waals surface area contributed by atoms with E-state index in [1.54, 1.807) is 0 Å². The molecule has 0 aliphatic carbocycles. The highest BCUT2D eigenvalue weighted by Crippen LogP contribution is 2.38. The summed E-state index contributed by atoms with van der Waals surface area (Å²) < 4.78 is 11.2. The predicted molar refractivity (Wildman–Crippen MR) is 72.0 cm³/mol. The third kappa shape index (κ3) is 3.89. The fraction of sp³-hybridized carbons (Fsp3) is 0.467. The van der Waals surface area contributed by atoms with E-state index in [4.69, 9.17) is 20.0 Å². The molecule has 1 rings (SSSR count). The van der Waals surface area contributed by atoms with Crippen LogP contribution < -0.4 is 9.47 Å². The van der Waals surface area contributed by atoms with Crippen molar-refractivity contribution in [3.05, 3.63) is 23.8 Å². The molecule has 19 heavy (non-hydrogen) atoms. The van der Waals surface area contributed by atoms with Crippen LogP contribution in [0.15, 0.2) is 18.2 Å². The SMILES string of the molecule is CCOc1cccc(OCC)c1C(CC#N)CC#N. The molecule has 0 aliphatic rings. The van der Waals surface area contributed by atoms with Crippen molar-refractivity contribution in [3.8, 4) is 23.6 Å². The van der Waals surface area contributed by atoms with Crippen LogP contribution in [0.3, 0.4) is 0 Å². The molecular formula is C15H18N2O2. The molecule has 0 aliphatic heterocycles. The predicted octanol–water partition coefficient (Wildman–Crippen LogP) is 3.39. The second kappa shape index (κ2) is 8.00. The molecule has 1 aromatic carbocycles. The van der Waals surface area contributed by atoms with E-state index < -0.39 is 0 Å². The fourth-order valence-corrected chi connectivity index (χ4v) is 1.99. The molecule has 0 fully saturated rings. The minimum Gasteiger partial charge on any atom is -0.493 e. The molecule has 4 heteroatoms. The molecule has 0 amide bonds. The first-order valence-corrected chi connectivity index (χ1v) is 6.40. The van der Waals surface area contributed by atoms with Crippen LogP contribution in [0.25, 0.3) is 0 Å². The smallest absolute Gasteiger partial charge is 0.126 e. The van der Waals surface area contributed by atoms with Crippen LogP contribution in [-0.4, -0.2) is 13.2 Å². The average molecular weight is 258 g/mol. The van der Waals surface area contributed by atoms with Crippen molar-refractivity contribution >= 4 is 0 Å². The van der Waals surface area contributed by atoms with Gasteiger partial charge in [-0.2, -0.15) is 10.5 Å². The number of nitriles is 2. The molecular weight excluding hydrogens is 240 g/mol. The van der Waals surface area contributed by atoms with Crippen LogP contribution in [0.4, 0.5) is 0 Å². The van der Waals surface area contributed by atoms with Crippen molar-refractivity contribution < 1.29 is 9.47 Å². The zero-order chi connectivity index (χ0) is 14.1. The number of hydrogen-bond acceptors (Lipinski definition) is 4. The highest BCUT2D eigenvalue weighted by atomic mass is 16.5. The Morgan fingerprint density at radius 1 is 1.00 bits per heavy atom. The van der Waals surface area contributed by atoms with E-state index in [0.29, 0.717) is 24.7 Å². The van der Waals surface area contributed by atoms with Gasteiger partial charge < -0.3 is 9.47 Å². The summed E-state index contributed by atoms with van der Waals surface area (Å²) in [5, 5.41) is 17.9. The Bertz CT molecular complexity index is 446. The monoisotopic (exact) mass is 258 g/mol. The molecule has 0 N–H and O–H groups in total. The lowest BCUT2D eigenvalue weighted by Gasteiger charge is -2.19. The van der Waals surface area contributed by atoms with Crippen molar-refractivity contribution in [2.45, 2.75) is 32.6 Å². The third-order valence-corrected chi connectivity index (χ3v) is 2.71. The summed E-state index contributed by atoms with van der Waals surface area (Å²) in [4.78, 5) is 0. The molecule has 0 atom stereocenters. The Balaban J connectivity index is 3.24. The quantitative estimate of drug-likeness (QED) is 0.751. The van der Waals surface area contributed by atoms with Crippen molar-refractivity contribution in [2.75, 3.05) is 13.2 Å². The number of rotatable bonds is 7. The maximum atomic E-state index is 8.93. The maximum Gasteiger partial charge on any atom is 0.126 e. The van der Waals surface area contributed by atoms with Crippen molar-refractivity contribution in [1.82, 2.24) is 0 Å². The van der Waals surface area contributed by atoms with E-state index in [2.05, 4.69) is 12.1 Å². The first kappa shape index (κ1) is 14.9. The van der Waals surface area contributed by atoms with Gasteiger partial charge in [0, 0.05) is 24.3 Å². The van der Waals surface area contributed by atoms with Gasteiger partial charge in [-0.3, -0.25) is 0 Å². The summed E-state index contributed by atoms with van der Waals surface area (Å²) in [6.07, 6.45) is 0.551. The lowest BCUT2D eigenvalue weighted by molar-refractivity contribution is 0.312. The molecule has 0 heterocycles. The van der Waals surface area contributed by atoms with Gasteiger partial charge in [0.2, 0.25) is 0 Å². The van der Waals surface area contributed by atoms with Crippen LogP contribution in [-0.2, 0) is 0 Å². The number of nitrogens with zero attached hydrogens (tertiary/aromatic N) is 2. The summed E-state index contributed by atoms with van der Waals surface area (Å²) >= 11 is 0. The van der Waals surface area contributed by atoms with Gasteiger partial charge in [0.15, 0.2) is 0 Å². The van der Waals surface area contributed by atoms with E-state index >= 15 is 0 Å². The van der Waals surface area contributed by atoms with Crippen LogP contribution in [0.1, 0.15) is 38.2 Å². The number of benzene rings is 1. The molecule has 0 unspecified atom stereocenters. The van der Waals surface area contributed by atoms with E-state index in [0.717, 1.165) is 5.56 Å². The van der Waals surface area contributed by atoms with Crippen LogP contribution >= 0.6 is 0 Å². The van der Waals surface area contributed by atoms with E-state index in [1.165, 1.54) is 0 Å². The average Bonchev–Trinajstić information content (AvgIpc) is 2.40. The second-order valence-electron chi connectivity index (χ2n) is 3.96. The summed E-state index contributed by atoms with van der Waals surface area (Å²) in [6, 6.07) is 9.81. The van der Waals surface area contributed by atoms with Crippen LogP contribution in [0.5, 0.6) is 11.5 Å². The van der Waals surface area contributed by atoms with Gasteiger partial charge >= 0.3 is 0 Å². The van der Waals surface area contributed by atoms with Crippen molar-refractivity contribution in [2.24, 2.45) is 0 Å².